The van der Waals surface area contributed by atoms with Crippen molar-refractivity contribution in [2.75, 3.05) is 18.5 Å². The third-order valence-electron chi connectivity index (χ3n) is 3.87. The number of nitrogens with two attached hydrogens (primary N) is 1. The molecule has 1 saturated heterocycles. The fraction of sp³-hybridized carbons (Fsp3) is 0.312. The molecule has 1 fully saturated rings. The molecule has 0 aliphatic carbocycles. The molecule has 3 rings (SSSR count). The molecule has 0 spiro atoms. The maximum Gasteiger partial charge on any atom is 0.222 e. The Morgan fingerprint density at radius 3 is 2.73 bits per heavy atom. The molecule has 1 aliphatic rings. The minimum atomic E-state index is -3.38. The van der Waals surface area contributed by atoms with Crippen molar-refractivity contribution in [2.45, 2.75) is 24.4 Å². The summed E-state index contributed by atoms with van der Waals surface area (Å²) in [5.41, 5.74) is 6.45. The molecular weight excluding hydrogens is 471 g/mol. The monoisotopic (exact) mass is 488 g/mol. The SMILES string of the molecule is CS(=O)(=O)c1ccc(Oc2cc(I)c(N)nc2CN2CCCC2=O)cn1. The van der Waals surface area contributed by atoms with Gasteiger partial charge in [-0.25, -0.2) is 18.4 Å². The summed E-state index contributed by atoms with van der Waals surface area (Å²) in [6.07, 6.45) is 3.79. The van der Waals surface area contributed by atoms with Crippen molar-refractivity contribution in [2.24, 2.45) is 0 Å². The van der Waals surface area contributed by atoms with Crippen molar-refractivity contribution in [3.8, 4) is 11.5 Å². The summed E-state index contributed by atoms with van der Waals surface area (Å²) in [6, 6.07) is 4.64. The van der Waals surface area contributed by atoms with E-state index in [0.29, 0.717) is 42.5 Å². The number of sulfone groups is 1. The lowest BCUT2D eigenvalue weighted by Crippen LogP contribution is -2.25. The molecule has 0 unspecified atom stereocenters. The first-order valence-corrected chi connectivity index (χ1v) is 10.8. The number of nitrogens with zero attached hydrogens (tertiary/aromatic N) is 3. The number of rotatable bonds is 5. The Morgan fingerprint density at radius 1 is 1.38 bits per heavy atom. The molecule has 2 aromatic rings. The van der Waals surface area contributed by atoms with Crippen molar-refractivity contribution in [3.05, 3.63) is 33.7 Å². The Bertz CT molecular complexity index is 947. The van der Waals surface area contributed by atoms with E-state index in [1.807, 2.05) is 0 Å². The highest BCUT2D eigenvalue weighted by Crippen LogP contribution is 2.30. The van der Waals surface area contributed by atoms with Crippen LogP contribution in [0.5, 0.6) is 11.5 Å². The number of halogens is 1. The van der Waals surface area contributed by atoms with Gasteiger partial charge in [0.2, 0.25) is 5.91 Å². The molecule has 0 bridgehead atoms. The van der Waals surface area contributed by atoms with E-state index in [-0.39, 0.29) is 10.9 Å². The largest absolute Gasteiger partial charge is 0.454 e. The first-order valence-electron chi connectivity index (χ1n) is 7.80. The predicted molar refractivity (Wildman–Crippen MR) is 103 cm³/mol. The van der Waals surface area contributed by atoms with Crippen molar-refractivity contribution >= 4 is 44.2 Å². The van der Waals surface area contributed by atoms with Gasteiger partial charge in [-0.05, 0) is 47.2 Å². The average Bonchev–Trinajstić information content (AvgIpc) is 2.97. The molecule has 0 saturated carbocycles. The van der Waals surface area contributed by atoms with Crippen LogP contribution < -0.4 is 10.5 Å². The molecule has 0 radical (unpaired) electrons. The van der Waals surface area contributed by atoms with Gasteiger partial charge >= 0.3 is 0 Å². The number of aromatic nitrogens is 2. The van der Waals surface area contributed by atoms with E-state index < -0.39 is 9.84 Å². The maximum atomic E-state index is 11.9. The van der Waals surface area contributed by atoms with Gasteiger partial charge in [-0.15, -0.1) is 0 Å². The van der Waals surface area contributed by atoms with Crippen molar-refractivity contribution < 1.29 is 17.9 Å². The highest BCUT2D eigenvalue weighted by Gasteiger charge is 2.23. The molecule has 2 N–H and O–H groups in total. The number of nitrogen functional groups attached to an aromatic ring is 1. The molecule has 10 heteroatoms. The lowest BCUT2D eigenvalue weighted by atomic mass is 10.3. The molecule has 2 aromatic heterocycles. The molecule has 26 heavy (non-hydrogen) atoms. The number of carbonyl (C=O) groups is 1. The number of likely N-dealkylation sites (tertiary alicyclic amines) is 1. The van der Waals surface area contributed by atoms with Crippen LogP contribution in [-0.2, 0) is 21.2 Å². The van der Waals surface area contributed by atoms with Crippen LogP contribution in [0.1, 0.15) is 18.5 Å². The molecule has 0 atom stereocenters. The minimum Gasteiger partial charge on any atom is -0.454 e. The van der Waals surface area contributed by atoms with Gasteiger partial charge in [0, 0.05) is 19.2 Å². The molecule has 1 aliphatic heterocycles. The zero-order valence-electron chi connectivity index (χ0n) is 14.0. The number of anilines is 1. The normalized spacial score (nSPS) is 14.7. The zero-order valence-corrected chi connectivity index (χ0v) is 17.0. The van der Waals surface area contributed by atoms with Gasteiger partial charge in [0.05, 0.1) is 16.3 Å². The van der Waals surface area contributed by atoms with Gasteiger partial charge in [-0.2, -0.15) is 0 Å². The van der Waals surface area contributed by atoms with Gasteiger partial charge in [0.1, 0.15) is 17.3 Å². The number of hydrogen-bond acceptors (Lipinski definition) is 7. The van der Waals surface area contributed by atoms with Crippen LogP contribution in [0.2, 0.25) is 0 Å². The molecular formula is C16H17IN4O4S. The molecule has 138 valence electrons. The summed E-state index contributed by atoms with van der Waals surface area (Å²) in [5.74, 6) is 1.27. The van der Waals surface area contributed by atoms with Gasteiger partial charge in [-0.3, -0.25) is 4.79 Å². The second kappa shape index (κ2) is 7.35. The summed E-state index contributed by atoms with van der Waals surface area (Å²) in [7, 11) is -3.38. The summed E-state index contributed by atoms with van der Waals surface area (Å²) in [6.45, 7) is 0.987. The number of pyridine rings is 2. The third-order valence-corrected chi connectivity index (χ3v) is 5.74. The molecule has 3 heterocycles. The number of carbonyl (C=O) groups excluding carboxylic acids is 1. The molecule has 1 amide bonds. The topological polar surface area (TPSA) is 115 Å². The average molecular weight is 488 g/mol. The zero-order chi connectivity index (χ0) is 18.9. The lowest BCUT2D eigenvalue weighted by molar-refractivity contribution is -0.128. The van der Waals surface area contributed by atoms with Crippen LogP contribution in [0, 0.1) is 3.57 Å². The fourth-order valence-electron chi connectivity index (χ4n) is 2.55. The lowest BCUT2D eigenvalue weighted by Gasteiger charge is -2.18. The highest BCUT2D eigenvalue weighted by atomic mass is 127. The first kappa shape index (κ1) is 18.8. The van der Waals surface area contributed by atoms with Crippen LogP contribution in [0.3, 0.4) is 0 Å². The van der Waals surface area contributed by atoms with Gasteiger partial charge in [0.25, 0.3) is 0 Å². The van der Waals surface area contributed by atoms with E-state index in [0.717, 1.165) is 16.2 Å². The van der Waals surface area contributed by atoms with Crippen molar-refractivity contribution in [3.63, 3.8) is 0 Å². The summed E-state index contributed by atoms with van der Waals surface area (Å²) in [4.78, 5) is 21.9. The summed E-state index contributed by atoms with van der Waals surface area (Å²) >= 11 is 2.05. The second-order valence-electron chi connectivity index (χ2n) is 5.93. The number of hydrogen-bond donors (Lipinski definition) is 1. The highest BCUT2D eigenvalue weighted by molar-refractivity contribution is 14.1. The van der Waals surface area contributed by atoms with E-state index in [9.17, 15) is 13.2 Å². The van der Waals surface area contributed by atoms with Gasteiger partial charge in [0.15, 0.2) is 20.6 Å². The smallest absolute Gasteiger partial charge is 0.222 e. The van der Waals surface area contributed by atoms with Crippen molar-refractivity contribution in [1.82, 2.24) is 14.9 Å². The van der Waals surface area contributed by atoms with Gasteiger partial charge in [-0.1, -0.05) is 0 Å². The van der Waals surface area contributed by atoms with Crippen LogP contribution >= 0.6 is 22.6 Å². The van der Waals surface area contributed by atoms with E-state index >= 15 is 0 Å². The van der Waals surface area contributed by atoms with E-state index in [4.69, 9.17) is 10.5 Å². The Hall–Kier alpha value is -1.95. The third kappa shape index (κ3) is 4.23. The predicted octanol–water partition coefficient (Wildman–Crippen LogP) is 1.98. The Morgan fingerprint density at radius 2 is 2.15 bits per heavy atom. The van der Waals surface area contributed by atoms with Crippen molar-refractivity contribution in [1.29, 1.82) is 0 Å². The number of ether oxygens (including phenoxy) is 1. The van der Waals surface area contributed by atoms with Crippen LogP contribution in [0.25, 0.3) is 0 Å². The van der Waals surface area contributed by atoms with Crippen LogP contribution in [0.15, 0.2) is 29.4 Å². The molecule has 0 aromatic carbocycles. The quantitative estimate of drug-likeness (QED) is 0.640. The second-order valence-corrected chi connectivity index (χ2v) is 9.05. The Balaban J connectivity index is 1.88. The standard InChI is InChI=1S/C16H17IN4O4S/c1-26(23,24)14-5-4-10(8-19-14)25-13-7-11(17)16(18)20-12(13)9-21-6-2-3-15(21)22/h4-5,7-8H,2-3,6,9H2,1H3,(H2,18,20). The summed E-state index contributed by atoms with van der Waals surface area (Å²) in [5, 5.41) is -0.0299. The Kier molecular flexibility index (Phi) is 5.32. The first-order chi connectivity index (χ1) is 12.2. The van der Waals surface area contributed by atoms with Crippen LogP contribution in [-0.4, -0.2) is 42.0 Å². The summed E-state index contributed by atoms with van der Waals surface area (Å²) < 4.78 is 29.6. The van der Waals surface area contributed by atoms with Gasteiger partial charge < -0.3 is 15.4 Å². The fourth-order valence-corrected chi connectivity index (χ4v) is 3.52. The number of amides is 1. The van der Waals surface area contributed by atoms with E-state index in [2.05, 4.69) is 32.6 Å². The minimum absolute atomic E-state index is 0.0299. The van der Waals surface area contributed by atoms with E-state index in [1.165, 1.54) is 18.3 Å². The van der Waals surface area contributed by atoms with E-state index in [1.54, 1.807) is 11.0 Å². The van der Waals surface area contributed by atoms with Crippen LogP contribution in [0.4, 0.5) is 5.82 Å². The maximum absolute atomic E-state index is 11.9. The molecule has 8 nitrogen and oxygen atoms in total. The Labute approximate surface area is 164 Å².